The van der Waals surface area contributed by atoms with Crippen molar-refractivity contribution in [2.45, 2.75) is 13.5 Å². The zero-order valence-electron chi connectivity index (χ0n) is 10.9. The number of hydrogen-bond donors (Lipinski definition) is 1. The van der Waals surface area contributed by atoms with Gasteiger partial charge in [0.2, 0.25) is 0 Å². The van der Waals surface area contributed by atoms with Crippen molar-refractivity contribution in [3.63, 3.8) is 0 Å². The fourth-order valence-electron chi connectivity index (χ4n) is 1.65. The summed E-state index contributed by atoms with van der Waals surface area (Å²) < 4.78 is 5.11. The SMILES string of the molecule is CCNc1cc(COC)nc(-c2ncccc2Cl)n1. The maximum Gasteiger partial charge on any atom is 0.182 e. The van der Waals surface area contributed by atoms with E-state index in [1.54, 1.807) is 25.4 Å². The van der Waals surface area contributed by atoms with E-state index in [9.17, 15) is 0 Å². The highest BCUT2D eigenvalue weighted by Crippen LogP contribution is 2.23. The molecule has 0 aliphatic rings. The molecule has 100 valence electrons. The van der Waals surface area contributed by atoms with Gasteiger partial charge in [-0.1, -0.05) is 11.6 Å². The summed E-state index contributed by atoms with van der Waals surface area (Å²) in [4.78, 5) is 13.1. The van der Waals surface area contributed by atoms with Crippen molar-refractivity contribution in [1.82, 2.24) is 15.0 Å². The average Bonchev–Trinajstić information content (AvgIpc) is 2.40. The first-order valence-electron chi connectivity index (χ1n) is 5.96. The van der Waals surface area contributed by atoms with Crippen molar-refractivity contribution >= 4 is 17.4 Å². The molecule has 0 aliphatic carbocycles. The highest BCUT2D eigenvalue weighted by atomic mass is 35.5. The number of nitrogens with one attached hydrogen (secondary N) is 1. The molecular formula is C13H15ClN4O. The Bertz CT molecular complexity index is 538. The fourth-order valence-corrected chi connectivity index (χ4v) is 1.85. The molecular weight excluding hydrogens is 264 g/mol. The summed E-state index contributed by atoms with van der Waals surface area (Å²) in [5.74, 6) is 1.23. The number of hydrogen-bond acceptors (Lipinski definition) is 5. The van der Waals surface area contributed by atoms with E-state index in [-0.39, 0.29) is 0 Å². The van der Waals surface area contributed by atoms with Crippen molar-refractivity contribution in [1.29, 1.82) is 0 Å². The monoisotopic (exact) mass is 278 g/mol. The van der Waals surface area contributed by atoms with Gasteiger partial charge < -0.3 is 10.1 Å². The van der Waals surface area contributed by atoms with Crippen LogP contribution in [0.1, 0.15) is 12.6 Å². The van der Waals surface area contributed by atoms with Crippen LogP contribution in [0.25, 0.3) is 11.5 Å². The molecule has 0 fully saturated rings. The summed E-state index contributed by atoms with van der Waals surface area (Å²) in [6.45, 7) is 3.20. The molecule has 0 unspecified atom stereocenters. The predicted octanol–water partition coefficient (Wildman–Crippen LogP) is 2.77. The third kappa shape index (κ3) is 3.39. The topological polar surface area (TPSA) is 59.9 Å². The smallest absolute Gasteiger partial charge is 0.182 e. The molecule has 2 heterocycles. The maximum atomic E-state index is 6.12. The van der Waals surface area contributed by atoms with Gasteiger partial charge in [-0.25, -0.2) is 9.97 Å². The van der Waals surface area contributed by atoms with Gasteiger partial charge in [-0.05, 0) is 19.1 Å². The molecule has 1 N–H and O–H groups in total. The van der Waals surface area contributed by atoms with Gasteiger partial charge in [0.15, 0.2) is 5.82 Å². The molecule has 19 heavy (non-hydrogen) atoms. The van der Waals surface area contributed by atoms with Crippen LogP contribution in [0, 0.1) is 0 Å². The summed E-state index contributed by atoms with van der Waals surface area (Å²) in [5.41, 5.74) is 1.35. The number of anilines is 1. The van der Waals surface area contributed by atoms with Crippen LogP contribution in [-0.4, -0.2) is 28.6 Å². The number of methoxy groups -OCH3 is 1. The first kappa shape index (κ1) is 13.7. The van der Waals surface area contributed by atoms with E-state index >= 15 is 0 Å². The Kier molecular flexibility index (Phi) is 4.65. The van der Waals surface area contributed by atoms with Crippen LogP contribution in [0.15, 0.2) is 24.4 Å². The summed E-state index contributed by atoms with van der Waals surface area (Å²) in [7, 11) is 1.63. The molecule has 0 saturated heterocycles. The lowest BCUT2D eigenvalue weighted by Gasteiger charge is -2.08. The number of nitrogens with zero attached hydrogens (tertiary/aromatic N) is 3. The number of pyridine rings is 1. The maximum absolute atomic E-state index is 6.12. The van der Waals surface area contributed by atoms with Crippen molar-refractivity contribution in [2.75, 3.05) is 19.0 Å². The van der Waals surface area contributed by atoms with Gasteiger partial charge in [-0.15, -0.1) is 0 Å². The van der Waals surface area contributed by atoms with Crippen LogP contribution in [0.4, 0.5) is 5.82 Å². The second kappa shape index (κ2) is 6.45. The zero-order valence-corrected chi connectivity index (χ0v) is 11.6. The summed E-state index contributed by atoms with van der Waals surface area (Å²) in [6, 6.07) is 5.40. The lowest BCUT2D eigenvalue weighted by molar-refractivity contribution is 0.181. The second-order valence-corrected chi connectivity index (χ2v) is 4.27. The molecule has 0 saturated carbocycles. The van der Waals surface area contributed by atoms with E-state index in [2.05, 4.69) is 20.3 Å². The molecule has 0 atom stereocenters. The predicted molar refractivity (Wildman–Crippen MR) is 75.1 cm³/mol. The fraction of sp³-hybridized carbons (Fsp3) is 0.308. The molecule has 0 radical (unpaired) electrons. The molecule has 0 amide bonds. The molecule has 2 rings (SSSR count). The van der Waals surface area contributed by atoms with E-state index in [1.807, 2.05) is 13.0 Å². The standard InChI is InChI=1S/C13H15ClN4O/c1-3-15-11-7-9(8-19-2)17-13(18-11)12-10(14)5-4-6-16-12/h4-7H,3,8H2,1-2H3,(H,15,17,18). The van der Waals surface area contributed by atoms with Crippen LogP contribution >= 0.6 is 11.6 Å². The number of halogens is 1. The van der Waals surface area contributed by atoms with E-state index in [0.717, 1.165) is 18.1 Å². The lowest BCUT2D eigenvalue weighted by Crippen LogP contribution is -2.05. The van der Waals surface area contributed by atoms with Crippen molar-refractivity contribution in [3.8, 4) is 11.5 Å². The quantitative estimate of drug-likeness (QED) is 0.911. The molecule has 6 heteroatoms. The molecule has 0 bridgehead atoms. The van der Waals surface area contributed by atoms with E-state index in [1.165, 1.54) is 0 Å². The molecule has 0 spiro atoms. The Morgan fingerprint density at radius 1 is 1.37 bits per heavy atom. The summed E-state index contributed by atoms with van der Waals surface area (Å²) in [6.07, 6.45) is 1.67. The normalized spacial score (nSPS) is 10.5. The molecule has 2 aromatic heterocycles. The minimum Gasteiger partial charge on any atom is -0.378 e. The number of ether oxygens (including phenoxy) is 1. The lowest BCUT2D eigenvalue weighted by atomic mass is 10.3. The average molecular weight is 279 g/mol. The van der Waals surface area contributed by atoms with Crippen molar-refractivity contribution < 1.29 is 4.74 Å². The highest BCUT2D eigenvalue weighted by molar-refractivity contribution is 6.32. The Hall–Kier alpha value is -1.72. The highest BCUT2D eigenvalue weighted by Gasteiger charge is 2.11. The number of aromatic nitrogens is 3. The zero-order chi connectivity index (χ0) is 13.7. The van der Waals surface area contributed by atoms with Crippen LogP contribution in [0.5, 0.6) is 0 Å². The Morgan fingerprint density at radius 3 is 2.89 bits per heavy atom. The minimum absolute atomic E-state index is 0.415. The molecule has 2 aromatic rings. The van der Waals surface area contributed by atoms with Gasteiger partial charge in [-0.3, -0.25) is 4.98 Å². The van der Waals surface area contributed by atoms with Gasteiger partial charge in [0.25, 0.3) is 0 Å². The van der Waals surface area contributed by atoms with Crippen LogP contribution in [0.2, 0.25) is 5.02 Å². The third-order valence-electron chi connectivity index (χ3n) is 2.40. The van der Waals surface area contributed by atoms with Crippen molar-refractivity contribution in [2.24, 2.45) is 0 Å². The van der Waals surface area contributed by atoms with Crippen LogP contribution in [-0.2, 0) is 11.3 Å². The molecule has 5 nitrogen and oxygen atoms in total. The van der Waals surface area contributed by atoms with Gasteiger partial charge in [0, 0.05) is 25.9 Å². The molecule has 0 aromatic carbocycles. The third-order valence-corrected chi connectivity index (χ3v) is 2.70. The van der Waals surface area contributed by atoms with Gasteiger partial charge >= 0.3 is 0 Å². The minimum atomic E-state index is 0.415. The summed E-state index contributed by atoms with van der Waals surface area (Å²) >= 11 is 6.12. The Labute approximate surface area is 117 Å². The van der Waals surface area contributed by atoms with E-state index in [4.69, 9.17) is 16.3 Å². The second-order valence-electron chi connectivity index (χ2n) is 3.87. The number of rotatable bonds is 5. The van der Waals surface area contributed by atoms with Gasteiger partial charge in [0.05, 0.1) is 17.3 Å². The first-order valence-corrected chi connectivity index (χ1v) is 6.34. The van der Waals surface area contributed by atoms with E-state index in [0.29, 0.717) is 23.1 Å². The van der Waals surface area contributed by atoms with Gasteiger partial charge in [0.1, 0.15) is 11.5 Å². The first-order chi connectivity index (χ1) is 9.24. The summed E-state index contributed by atoms with van der Waals surface area (Å²) in [5, 5.41) is 3.69. The molecule has 0 aliphatic heterocycles. The Morgan fingerprint density at radius 2 is 2.21 bits per heavy atom. The van der Waals surface area contributed by atoms with Crippen LogP contribution < -0.4 is 5.32 Å². The largest absolute Gasteiger partial charge is 0.378 e. The van der Waals surface area contributed by atoms with Gasteiger partial charge in [-0.2, -0.15) is 0 Å². The Balaban J connectivity index is 2.46. The van der Waals surface area contributed by atoms with Crippen LogP contribution in [0.3, 0.4) is 0 Å². The van der Waals surface area contributed by atoms with E-state index < -0.39 is 0 Å². The van der Waals surface area contributed by atoms with Crippen molar-refractivity contribution in [3.05, 3.63) is 35.1 Å².